The van der Waals surface area contributed by atoms with E-state index in [0.717, 1.165) is 18.4 Å². The third-order valence-electron chi connectivity index (χ3n) is 10.4. The lowest BCUT2D eigenvalue weighted by Crippen LogP contribution is -2.61. The first-order valence-electron chi connectivity index (χ1n) is 14.7. The van der Waals surface area contributed by atoms with E-state index in [0.29, 0.717) is 6.42 Å². The molecule has 0 aromatic carbocycles. The molecule has 0 unspecified atom stereocenters. The standard InChI is InChI=1S/C31H43NO9/c1-17(2)13-22(28(38)39)32-25(36)7-8-26(37)41-16-24(35)31(40)12-10-21-20-6-5-18-14-19(33)9-11-29(18,3)27(20)23(34)15-30(21,31)4/h9,11,14,17,20-23,27,34,40H,5-8,10,12-13,15-16H2,1-4H3,(H,32,36)(H,38,39)/t20-,21+,22+,23-,27-,29-,30-,31-/m0/s1. The molecule has 0 aromatic rings. The second-order valence-corrected chi connectivity index (χ2v) is 13.3. The molecule has 0 spiro atoms. The number of ether oxygens (including phenoxy) is 1. The molecule has 41 heavy (non-hydrogen) atoms. The first-order valence-corrected chi connectivity index (χ1v) is 14.7. The average molecular weight is 574 g/mol. The second kappa shape index (κ2) is 11.4. The first-order chi connectivity index (χ1) is 19.1. The van der Waals surface area contributed by atoms with E-state index < -0.39 is 58.8 Å². The third kappa shape index (κ3) is 5.65. The molecule has 0 bridgehead atoms. The molecule has 4 N–H and O–H groups in total. The molecular formula is C31H43NO9. The van der Waals surface area contributed by atoms with Gasteiger partial charge in [0, 0.05) is 23.2 Å². The fourth-order valence-electron chi connectivity index (χ4n) is 8.30. The number of fused-ring (bicyclic) bond motifs is 5. The van der Waals surface area contributed by atoms with Crippen molar-refractivity contribution < 1.29 is 44.0 Å². The van der Waals surface area contributed by atoms with Crippen LogP contribution in [0.1, 0.15) is 79.1 Å². The van der Waals surface area contributed by atoms with Crippen LogP contribution in [0.2, 0.25) is 0 Å². The van der Waals surface area contributed by atoms with E-state index >= 15 is 0 Å². The lowest BCUT2D eigenvalue weighted by molar-refractivity contribution is -0.181. The summed E-state index contributed by atoms with van der Waals surface area (Å²) in [4.78, 5) is 61.3. The number of carbonyl (C=O) groups excluding carboxylic acids is 4. The second-order valence-electron chi connectivity index (χ2n) is 13.3. The van der Waals surface area contributed by atoms with Gasteiger partial charge in [-0.1, -0.05) is 39.3 Å². The summed E-state index contributed by atoms with van der Waals surface area (Å²) in [6.07, 6.45) is 6.46. The van der Waals surface area contributed by atoms with Crippen molar-refractivity contribution >= 4 is 29.4 Å². The van der Waals surface area contributed by atoms with Crippen LogP contribution in [0.3, 0.4) is 0 Å². The zero-order valence-electron chi connectivity index (χ0n) is 24.4. The Balaban J connectivity index is 1.36. The first kappa shape index (κ1) is 31.1. The summed E-state index contributed by atoms with van der Waals surface area (Å²) in [5.41, 5.74) is -2.12. The van der Waals surface area contributed by atoms with Crippen LogP contribution in [0, 0.1) is 34.5 Å². The molecule has 10 heteroatoms. The van der Waals surface area contributed by atoms with Crippen LogP contribution in [-0.2, 0) is 28.7 Å². The summed E-state index contributed by atoms with van der Waals surface area (Å²) < 4.78 is 5.15. The molecule has 3 fully saturated rings. The molecule has 4 aliphatic rings. The largest absolute Gasteiger partial charge is 0.480 e. The van der Waals surface area contributed by atoms with Crippen LogP contribution in [0.4, 0.5) is 0 Å². The highest BCUT2D eigenvalue weighted by Gasteiger charge is 2.68. The normalized spacial score (nSPS) is 36.5. The number of esters is 1. The van der Waals surface area contributed by atoms with Gasteiger partial charge in [0.1, 0.15) is 11.6 Å². The van der Waals surface area contributed by atoms with Gasteiger partial charge in [0.15, 0.2) is 12.4 Å². The Hall–Kier alpha value is -2.85. The van der Waals surface area contributed by atoms with Gasteiger partial charge in [-0.15, -0.1) is 0 Å². The van der Waals surface area contributed by atoms with Crippen LogP contribution in [0.5, 0.6) is 0 Å². The smallest absolute Gasteiger partial charge is 0.326 e. The SMILES string of the molecule is CC(C)C[C@@H](NC(=O)CCC(=O)OCC(=O)[C@@]1(O)CC[C@@H]2[C@@H]3CCC4=CC(=O)C=C[C@]4(C)[C@@H]3[C@@H](O)C[C@@]21C)C(=O)O. The van der Waals surface area contributed by atoms with E-state index in [1.54, 1.807) is 12.2 Å². The minimum atomic E-state index is -1.78. The highest BCUT2D eigenvalue weighted by Crippen LogP contribution is 2.67. The lowest BCUT2D eigenvalue weighted by Gasteiger charge is -2.59. The topological polar surface area (TPSA) is 167 Å². The Morgan fingerprint density at radius 3 is 2.51 bits per heavy atom. The zero-order chi connectivity index (χ0) is 30.3. The molecule has 0 aliphatic heterocycles. The quantitative estimate of drug-likeness (QED) is 0.287. The maximum Gasteiger partial charge on any atom is 0.326 e. The van der Waals surface area contributed by atoms with E-state index in [1.165, 1.54) is 0 Å². The highest BCUT2D eigenvalue weighted by molar-refractivity contribution is 6.01. The molecule has 3 saturated carbocycles. The van der Waals surface area contributed by atoms with E-state index in [1.807, 2.05) is 26.8 Å². The molecule has 0 heterocycles. The van der Waals surface area contributed by atoms with Crippen LogP contribution < -0.4 is 5.32 Å². The van der Waals surface area contributed by atoms with Crippen LogP contribution in [-0.4, -0.2) is 69.1 Å². The number of allylic oxidation sites excluding steroid dienone is 4. The summed E-state index contributed by atoms with van der Waals surface area (Å²) in [6, 6.07) is -1.05. The van der Waals surface area contributed by atoms with Crippen molar-refractivity contribution in [3.05, 3.63) is 23.8 Å². The van der Waals surface area contributed by atoms with Gasteiger partial charge in [0.25, 0.3) is 0 Å². The van der Waals surface area contributed by atoms with Crippen molar-refractivity contribution in [3.8, 4) is 0 Å². The molecule has 4 aliphatic carbocycles. The predicted molar refractivity (Wildman–Crippen MR) is 147 cm³/mol. The number of carbonyl (C=O) groups is 5. The van der Waals surface area contributed by atoms with Crippen molar-refractivity contribution in [1.82, 2.24) is 5.32 Å². The zero-order valence-corrected chi connectivity index (χ0v) is 24.4. The van der Waals surface area contributed by atoms with Gasteiger partial charge in [-0.2, -0.15) is 0 Å². The number of aliphatic carboxylic acids is 1. The Labute approximate surface area is 240 Å². The number of carboxylic acids is 1. The molecule has 0 saturated heterocycles. The minimum Gasteiger partial charge on any atom is -0.480 e. The number of hydrogen-bond acceptors (Lipinski definition) is 8. The van der Waals surface area contributed by atoms with Crippen LogP contribution in [0.15, 0.2) is 23.8 Å². The number of ketones is 2. The third-order valence-corrected chi connectivity index (χ3v) is 10.4. The van der Waals surface area contributed by atoms with Gasteiger partial charge in [-0.05, 0) is 68.4 Å². The van der Waals surface area contributed by atoms with Crippen molar-refractivity contribution in [2.75, 3.05) is 6.61 Å². The number of hydrogen-bond donors (Lipinski definition) is 4. The number of amides is 1. The molecule has 226 valence electrons. The van der Waals surface area contributed by atoms with E-state index in [2.05, 4.69) is 12.2 Å². The van der Waals surface area contributed by atoms with Gasteiger partial charge in [0.05, 0.1) is 12.5 Å². The van der Waals surface area contributed by atoms with Crippen LogP contribution >= 0.6 is 0 Å². The predicted octanol–water partition coefficient (Wildman–Crippen LogP) is 2.50. The fraction of sp³-hybridized carbons (Fsp3) is 0.710. The molecule has 4 rings (SSSR count). The molecule has 10 nitrogen and oxygen atoms in total. The van der Waals surface area contributed by atoms with E-state index in [9.17, 15) is 39.3 Å². The monoisotopic (exact) mass is 573 g/mol. The average Bonchev–Trinajstić information content (AvgIpc) is 3.16. The summed E-state index contributed by atoms with van der Waals surface area (Å²) in [7, 11) is 0. The highest BCUT2D eigenvalue weighted by atomic mass is 16.5. The van der Waals surface area contributed by atoms with E-state index in [4.69, 9.17) is 4.74 Å². The Morgan fingerprint density at radius 2 is 1.85 bits per heavy atom. The van der Waals surface area contributed by atoms with Gasteiger partial charge < -0.3 is 25.4 Å². The van der Waals surface area contributed by atoms with Gasteiger partial charge in [-0.3, -0.25) is 19.2 Å². The summed E-state index contributed by atoms with van der Waals surface area (Å²) in [5, 5.41) is 34.9. The van der Waals surface area contributed by atoms with Crippen molar-refractivity contribution in [3.63, 3.8) is 0 Å². The number of Topliss-reactive ketones (excluding diaryl/α,β-unsaturated/α-hetero) is 1. The Kier molecular flexibility index (Phi) is 8.67. The van der Waals surface area contributed by atoms with Gasteiger partial charge in [-0.25, -0.2) is 4.79 Å². The minimum absolute atomic E-state index is 0.0262. The van der Waals surface area contributed by atoms with Gasteiger partial charge >= 0.3 is 11.9 Å². The summed E-state index contributed by atoms with van der Waals surface area (Å²) in [5.74, 6) is -3.27. The lowest BCUT2D eigenvalue weighted by atomic mass is 9.46. The molecular weight excluding hydrogens is 530 g/mol. The van der Waals surface area contributed by atoms with Crippen molar-refractivity contribution in [2.24, 2.45) is 34.5 Å². The number of aliphatic hydroxyl groups excluding tert-OH is 1. The molecule has 1 amide bonds. The van der Waals surface area contributed by atoms with Crippen molar-refractivity contribution in [1.29, 1.82) is 0 Å². The molecule has 0 radical (unpaired) electrons. The number of nitrogens with one attached hydrogen (secondary N) is 1. The maximum absolute atomic E-state index is 13.4. The summed E-state index contributed by atoms with van der Waals surface area (Å²) >= 11 is 0. The molecule has 0 aromatic heterocycles. The fourth-order valence-corrected chi connectivity index (χ4v) is 8.30. The summed E-state index contributed by atoms with van der Waals surface area (Å²) in [6.45, 7) is 6.93. The maximum atomic E-state index is 13.4. The molecule has 8 atom stereocenters. The van der Waals surface area contributed by atoms with Crippen molar-refractivity contribution in [2.45, 2.75) is 96.8 Å². The van der Waals surface area contributed by atoms with Gasteiger partial charge in [0.2, 0.25) is 11.7 Å². The van der Waals surface area contributed by atoms with E-state index in [-0.39, 0.29) is 61.6 Å². The number of carboxylic acid groups (broad SMARTS) is 1. The number of aliphatic hydroxyl groups is 2. The number of rotatable bonds is 10. The Morgan fingerprint density at radius 1 is 1.15 bits per heavy atom. The Bertz CT molecular complexity index is 1170. The van der Waals surface area contributed by atoms with Crippen LogP contribution in [0.25, 0.3) is 0 Å².